The molecular weight excluding hydrogens is 220 g/mol. The third-order valence-corrected chi connectivity index (χ3v) is 3.22. The topological polar surface area (TPSA) is 26.3 Å². The average molecular weight is 233 g/mol. The predicted molar refractivity (Wildman–Crippen MR) is 59.4 cm³/mol. The van der Waals surface area contributed by atoms with Crippen molar-refractivity contribution in [1.82, 2.24) is 0 Å². The van der Waals surface area contributed by atoms with Gasteiger partial charge in [0.2, 0.25) is 5.78 Å². The van der Waals surface area contributed by atoms with E-state index in [0.29, 0.717) is 16.5 Å². The standard InChI is InChI=1S/C10H13ClO2S/c1-4-13-10(2,3)9(12)8-7(11)5-6-14-8/h5-6H,4H2,1-3H3. The Labute approximate surface area is 92.8 Å². The normalized spacial score (nSPS) is 11.7. The van der Waals surface area contributed by atoms with Crippen molar-refractivity contribution in [1.29, 1.82) is 0 Å². The van der Waals surface area contributed by atoms with Gasteiger partial charge >= 0.3 is 0 Å². The summed E-state index contributed by atoms with van der Waals surface area (Å²) in [7, 11) is 0. The Balaban J connectivity index is 2.90. The number of rotatable bonds is 4. The molecule has 0 bridgehead atoms. The van der Waals surface area contributed by atoms with Gasteiger partial charge in [0.15, 0.2) is 0 Å². The van der Waals surface area contributed by atoms with Crippen LogP contribution in [0.5, 0.6) is 0 Å². The number of Topliss-reactive ketones (excluding diaryl/α,β-unsaturated/α-hetero) is 1. The highest BCUT2D eigenvalue weighted by Crippen LogP contribution is 2.27. The van der Waals surface area contributed by atoms with Crippen LogP contribution in [0.4, 0.5) is 0 Å². The van der Waals surface area contributed by atoms with Crippen molar-refractivity contribution in [2.45, 2.75) is 26.4 Å². The lowest BCUT2D eigenvalue weighted by Crippen LogP contribution is -2.34. The van der Waals surface area contributed by atoms with Gasteiger partial charge in [0.25, 0.3) is 0 Å². The minimum Gasteiger partial charge on any atom is -0.368 e. The molecule has 0 unspecified atom stereocenters. The molecule has 0 saturated heterocycles. The largest absolute Gasteiger partial charge is 0.368 e. The SMILES string of the molecule is CCOC(C)(C)C(=O)c1sccc1Cl. The van der Waals surface area contributed by atoms with E-state index >= 15 is 0 Å². The van der Waals surface area contributed by atoms with Gasteiger partial charge in [-0.05, 0) is 32.2 Å². The molecule has 0 atom stereocenters. The van der Waals surface area contributed by atoms with E-state index in [1.165, 1.54) is 11.3 Å². The van der Waals surface area contributed by atoms with Crippen LogP contribution in [0.25, 0.3) is 0 Å². The predicted octanol–water partition coefficient (Wildman–Crippen LogP) is 3.40. The molecule has 1 heterocycles. The lowest BCUT2D eigenvalue weighted by Gasteiger charge is -2.22. The smallest absolute Gasteiger partial charge is 0.205 e. The van der Waals surface area contributed by atoms with Gasteiger partial charge in [0.05, 0.1) is 9.90 Å². The molecule has 1 rings (SSSR count). The second-order valence-electron chi connectivity index (χ2n) is 3.37. The Kier molecular flexibility index (Phi) is 3.70. The average Bonchev–Trinajstić information content (AvgIpc) is 2.50. The van der Waals surface area contributed by atoms with Gasteiger partial charge < -0.3 is 4.74 Å². The Hall–Kier alpha value is -0.380. The van der Waals surface area contributed by atoms with Crippen LogP contribution in [0.15, 0.2) is 11.4 Å². The molecule has 4 heteroatoms. The fourth-order valence-corrected chi connectivity index (χ4v) is 2.39. The highest BCUT2D eigenvalue weighted by atomic mass is 35.5. The molecule has 1 aromatic rings. The van der Waals surface area contributed by atoms with E-state index in [1.807, 2.05) is 6.92 Å². The van der Waals surface area contributed by atoms with E-state index in [9.17, 15) is 4.79 Å². The molecule has 0 saturated carbocycles. The molecule has 0 amide bonds. The fourth-order valence-electron chi connectivity index (χ4n) is 1.16. The summed E-state index contributed by atoms with van der Waals surface area (Å²) in [5, 5.41) is 2.31. The van der Waals surface area contributed by atoms with Crippen LogP contribution in [0.2, 0.25) is 5.02 Å². The highest BCUT2D eigenvalue weighted by Gasteiger charge is 2.31. The zero-order chi connectivity index (χ0) is 10.8. The molecule has 0 aliphatic carbocycles. The Morgan fingerprint density at radius 3 is 2.71 bits per heavy atom. The first-order valence-corrected chi connectivity index (χ1v) is 5.66. The summed E-state index contributed by atoms with van der Waals surface area (Å²) in [6, 6.07) is 1.72. The van der Waals surface area contributed by atoms with Crippen molar-refractivity contribution >= 4 is 28.7 Å². The van der Waals surface area contributed by atoms with Gasteiger partial charge in [-0.15, -0.1) is 11.3 Å². The van der Waals surface area contributed by atoms with E-state index in [1.54, 1.807) is 25.3 Å². The summed E-state index contributed by atoms with van der Waals surface area (Å²) in [5.41, 5.74) is -0.788. The van der Waals surface area contributed by atoms with Gasteiger partial charge in [-0.25, -0.2) is 0 Å². The molecule has 0 aliphatic heterocycles. The number of hydrogen-bond acceptors (Lipinski definition) is 3. The number of carbonyl (C=O) groups excluding carboxylic acids is 1. The second kappa shape index (κ2) is 4.43. The molecular formula is C10H13ClO2S. The monoisotopic (exact) mass is 232 g/mol. The Morgan fingerprint density at radius 1 is 1.64 bits per heavy atom. The second-order valence-corrected chi connectivity index (χ2v) is 4.69. The maximum Gasteiger partial charge on any atom is 0.205 e. The van der Waals surface area contributed by atoms with Crippen molar-refractivity contribution in [3.05, 3.63) is 21.3 Å². The van der Waals surface area contributed by atoms with E-state index in [-0.39, 0.29) is 5.78 Å². The summed E-state index contributed by atoms with van der Waals surface area (Å²) in [5.74, 6) is -0.0562. The van der Waals surface area contributed by atoms with E-state index in [0.717, 1.165) is 0 Å². The molecule has 0 fully saturated rings. The Morgan fingerprint density at radius 2 is 2.29 bits per heavy atom. The zero-order valence-electron chi connectivity index (χ0n) is 8.46. The quantitative estimate of drug-likeness (QED) is 0.744. The first-order chi connectivity index (χ1) is 6.49. The highest BCUT2D eigenvalue weighted by molar-refractivity contribution is 7.12. The van der Waals surface area contributed by atoms with Crippen LogP contribution < -0.4 is 0 Å². The lowest BCUT2D eigenvalue weighted by atomic mass is 10.0. The summed E-state index contributed by atoms with van der Waals surface area (Å²) >= 11 is 7.22. The third-order valence-electron chi connectivity index (χ3n) is 1.88. The third kappa shape index (κ3) is 2.35. The van der Waals surface area contributed by atoms with Crippen molar-refractivity contribution < 1.29 is 9.53 Å². The van der Waals surface area contributed by atoms with Crippen LogP contribution >= 0.6 is 22.9 Å². The zero-order valence-corrected chi connectivity index (χ0v) is 10.0. The first kappa shape index (κ1) is 11.7. The van der Waals surface area contributed by atoms with Gasteiger partial charge in [0.1, 0.15) is 5.60 Å². The van der Waals surface area contributed by atoms with Crippen molar-refractivity contribution in [3.8, 4) is 0 Å². The molecule has 2 nitrogen and oxygen atoms in total. The van der Waals surface area contributed by atoms with Gasteiger partial charge in [-0.3, -0.25) is 4.79 Å². The molecule has 0 spiro atoms. The lowest BCUT2D eigenvalue weighted by molar-refractivity contribution is 0.00160. The van der Waals surface area contributed by atoms with Gasteiger partial charge in [-0.2, -0.15) is 0 Å². The fraction of sp³-hybridized carbons (Fsp3) is 0.500. The molecule has 0 aliphatic rings. The number of ether oxygens (including phenoxy) is 1. The minimum atomic E-state index is -0.788. The summed E-state index contributed by atoms with van der Waals surface area (Å²) in [6.07, 6.45) is 0. The summed E-state index contributed by atoms with van der Waals surface area (Å²) in [4.78, 5) is 12.5. The van der Waals surface area contributed by atoms with E-state index in [4.69, 9.17) is 16.3 Å². The number of ketones is 1. The van der Waals surface area contributed by atoms with Gasteiger partial charge in [0, 0.05) is 6.61 Å². The molecule has 0 radical (unpaired) electrons. The molecule has 14 heavy (non-hydrogen) atoms. The summed E-state index contributed by atoms with van der Waals surface area (Å²) < 4.78 is 5.37. The minimum absolute atomic E-state index is 0.0562. The van der Waals surface area contributed by atoms with Crippen molar-refractivity contribution in [2.24, 2.45) is 0 Å². The number of carbonyl (C=O) groups is 1. The first-order valence-electron chi connectivity index (χ1n) is 4.40. The summed E-state index contributed by atoms with van der Waals surface area (Å²) in [6.45, 7) is 5.90. The maximum absolute atomic E-state index is 11.9. The van der Waals surface area contributed by atoms with Crippen LogP contribution in [0, 0.1) is 0 Å². The molecule has 0 N–H and O–H groups in total. The maximum atomic E-state index is 11.9. The van der Waals surface area contributed by atoms with Crippen molar-refractivity contribution in [3.63, 3.8) is 0 Å². The van der Waals surface area contributed by atoms with Crippen LogP contribution in [-0.2, 0) is 4.74 Å². The molecule has 78 valence electrons. The van der Waals surface area contributed by atoms with Crippen LogP contribution in [0.3, 0.4) is 0 Å². The Bertz CT molecular complexity index is 331. The molecule has 0 aromatic carbocycles. The number of hydrogen-bond donors (Lipinski definition) is 0. The van der Waals surface area contributed by atoms with E-state index in [2.05, 4.69) is 0 Å². The van der Waals surface area contributed by atoms with E-state index < -0.39 is 5.60 Å². The molecule has 1 aromatic heterocycles. The van der Waals surface area contributed by atoms with Gasteiger partial charge in [-0.1, -0.05) is 11.6 Å². The number of thiophene rings is 1. The number of halogens is 1. The van der Waals surface area contributed by atoms with Crippen LogP contribution in [-0.4, -0.2) is 18.0 Å². The van der Waals surface area contributed by atoms with Crippen LogP contribution in [0.1, 0.15) is 30.4 Å². The van der Waals surface area contributed by atoms with Crippen molar-refractivity contribution in [2.75, 3.05) is 6.61 Å².